The Hall–Kier alpha value is -2.63. The highest BCUT2D eigenvalue weighted by molar-refractivity contribution is 5.71. The van der Waals surface area contributed by atoms with E-state index >= 15 is 0 Å². The van der Waals surface area contributed by atoms with E-state index in [-0.39, 0.29) is 31.1 Å². The van der Waals surface area contributed by atoms with Crippen molar-refractivity contribution in [2.45, 2.75) is 309 Å². The molecule has 0 aliphatic heterocycles. The van der Waals surface area contributed by atoms with Crippen molar-refractivity contribution >= 4 is 17.9 Å². The fourth-order valence-electron chi connectivity index (χ4n) is 8.39. The van der Waals surface area contributed by atoms with Gasteiger partial charge in [-0.1, -0.05) is 249 Å². The summed E-state index contributed by atoms with van der Waals surface area (Å²) in [6.07, 6.45) is 68.3. The molecule has 6 heteroatoms. The third-order valence-corrected chi connectivity index (χ3v) is 12.8. The Morgan fingerprint density at radius 3 is 0.836 bits per heavy atom. The number of esters is 3. The Labute approximate surface area is 416 Å². The molecule has 0 aromatic heterocycles. The van der Waals surface area contributed by atoms with Crippen LogP contribution < -0.4 is 0 Å². The Balaban J connectivity index is 4.21. The lowest BCUT2D eigenvalue weighted by Crippen LogP contribution is -2.30. The molecule has 0 bridgehead atoms. The van der Waals surface area contributed by atoms with Crippen molar-refractivity contribution < 1.29 is 28.6 Å². The SMILES string of the molecule is CCCCCC/C=C\C/C=C\CCCCCCCCCC(=O)OC(COC(=O)CCCCCCCCCC)COC(=O)CCCCCCCCCCCCC/C=C\C/C=C\CCCCCCC. The summed E-state index contributed by atoms with van der Waals surface area (Å²) in [7, 11) is 0. The fourth-order valence-corrected chi connectivity index (χ4v) is 8.39. The summed E-state index contributed by atoms with van der Waals surface area (Å²) in [5.41, 5.74) is 0. The first kappa shape index (κ1) is 64.4. The predicted octanol–water partition coefficient (Wildman–Crippen LogP) is 19.4. The number of hydrogen-bond donors (Lipinski definition) is 0. The highest BCUT2D eigenvalue weighted by Gasteiger charge is 2.19. The van der Waals surface area contributed by atoms with Crippen molar-refractivity contribution in [2.75, 3.05) is 13.2 Å². The van der Waals surface area contributed by atoms with Crippen LogP contribution in [0.5, 0.6) is 0 Å². The highest BCUT2D eigenvalue weighted by atomic mass is 16.6. The van der Waals surface area contributed by atoms with Gasteiger partial charge in [-0.25, -0.2) is 0 Å². The van der Waals surface area contributed by atoms with Crippen LogP contribution in [0.15, 0.2) is 48.6 Å². The molecule has 0 amide bonds. The second-order valence-corrected chi connectivity index (χ2v) is 19.6. The van der Waals surface area contributed by atoms with Gasteiger partial charge in [0.05, 0.1) is 0 Å². The zero-order valence-corrected chi connectivity index (χ0v) is 44.7. The maximum atomic E-state index is 12.8. The molecule has 0 N–H and O–H groups in total. The summed E-state index contributed by atoms with van der Waals surface area (Å²) < 4.78 is 16.8. The van der Waals surface area contributed by atoms with Crippen LogP contribution in [0.3, 0.4) is 0 Å². The highest BCUT2D eigenvalue weighted by Crippen LogP contribution is 2.16. The Morgan fingerprint density at radius 2 is 0.537 bits per heavy atom. The molecule has 0 saturated heterocycles. The topological polar surface area (TPSA) is 78.9 Å². The molecule has 0 aromatic rings. The Kier molecular flexibility index (Phi) is 53.8. The number of hydrogen-bond acceptors (Lipinski definition) is 6. The minimum atomic E-state index is -0.775. The largest absolute Gasteiger partial charge is 0.462 e. The molecular formula is C61H110O6. The van der Waals surface area contributed by atoms with Crippen molar-refractivity contribution in [3.8, 4) is 0 Å². The summed E-state index contributed by atoms with van der Waals surface area (Å²) in [6, 6.07) is 0. The molecule has 0 fully saturated rings. The van der Waals surface area contributed by atoms with E-state index < -0.39 is 6.10 Å². The Bertz CT molecular complexity index is 1170. The van der Waals surface area contributed by atoms with Gasteiger partial charge in [0.15, 0.2) is 6.10 Å². The first-order chi connectivity index (χ1) is 33.0. The van der Waals surface area contributed by atoms with Crippen LogP contribution in [0, 0.1) is 0 Å². The van der Waals surface area contributed by atoms with Crippen molar-refractivity contribution in [3.05, 3.63) is 48.6 Å². The number of rotatable bonds is 53. The summed E-state index contributed by atoms with van der Waals surface area (Å²) >= 11 is 0. The van der Waals surface area contributed by atoms with Gasteiger partial charge < -0.3 is 14.2 Å². The maximum absolute atomic E-state index is 12.8. The van der Waals surface area contributed by atoms with Crippen LogP contribution in [0.1, 0.15) is 303 Å². The number of unbranched alkanes of at least 4 members (excludes halogenated alkanes) is 34. The van der Waals surface area contributed by atoms with Crippen molar-refractivity contribution in [1.82, 2.24) is 0 Å². The molecule has 0 rings (SSSR count). The monoisotopic (exact) mass is 939 g/mol. The fraction of sp³-hybridized carbons (Fsp3) is 0.820. The molecule has 0 radical (unpaired) electrons. The van der Waals surface area contributed by atoms with E-state index in [1.165, 1.54) is 186 Å². The maximum Gasteiger partial charge on any atom is 0.306 e. The van der Waals surface area contributed by atoms with Crippen molar-refractivity contribution in [3.63, 3.8) is 0 Å². The molecule has 0 heterocycles. The Morgan fingerprint density at radius 1 is 0.299 bits per heavy atom. The molecule has 6 nitrogen and oxygen atoms in total. The second kappa shape index (κ2) is 56.0. The van der Waals surface area contributed by atoms with Crippen LogP contribution in [-0.2, 0) is 28.6 Å². The second-order valence-electron chi connectivity index (χ2n) is 19.6. The first-order valence-corrected chi connectivity index (χ1v) is 29.1. The molecular weight excluding hydrogens is 829 g/mol. The van der Waals surface area contributed by atoms with Crippen molar-refractivity contribution in [1.29, 1.82) is 0 Å². The summed E-state index contributed by atoms with van der Waals surface area (Å²) in [5, 5.41) is 0. The van der Waals surface area contributed by atoms with Gasteiger partial charge in [-0.15, -0.1) is 0 Å². The van der Waals surface area contributed by atoms with Gasteiger partial charge in [-0.2, -0.15) is 0 Å². The van der Waals surface area contributed by atoms with Crippen LogP contribution in [0.4, 0.5) is 0 Å². The van der Waals surface area contributed by atoms with E-state index in [1.807, 2.05) is 0 Å². The van der Waals surface area contributed by atoms with Crippen molar-refractivity contribution in [2.24, 2.45) is 0 Å². The normalized spacial score (nSPS) is 12.3. The van der Waals surface area contributed by atoms with Crippen LogP contribution >= 0.6 is 0 Å². The summed E-state index contributed by atoms with van der Waals surface area (Å²) in [4.78, 5) is 38.0. The predicted molar refractivity (Wildman–Crippen MR) is 289 cm³/mol. The minimum absolute atomic E-state index is 0.0747. The van der Waals surface area contributed by atoms with E-state index in [9.17, 15) is 14.4 Å². The molecule has 0 spiro atoms. The van der Waals surface area contributed by atoms with E-state index in [1.54, 1.807) is 0 Å². The van der Waals surface area contributed by atoms with Gasteiger partial charge in [0.1, 0.15) is 13.2 Å². The zero-order chi connectivity index (χ0) is 48.6. The van der Waals surface area contributed by atoms with Gasteiger partial charge in [-0.3, -0.25) is 14.4 Å². The number of ether oxygens (including phenoxy) is 3. The van der Waals surface area contributed by atoms with E-state index in [0.717, 1.165) is 77.0 Å². The average molecular weight is 940 g/mol. The number of carbonyl (C=O) groups excluding carboxylic acids is 3. The molecule has 0 aliphatic carbocycles. The standard InChI is InChI=1S/C61H110O6/c1-4-7-10-13-16-19-21-23-25-27-29-30-31-32-33-35-36-38-40-42-45-48-51-54-60(63)66-57-58(56-65-59(62)53-50-47-44-18-15-12-9-6-3)67-61(64)55-52-49-46-43-41-39-37-34-28-26-24-22-20-17-14-11-8-5-2/h20-23,26-29,58H,4-19,24-25,30-57H2,1-3H3/b22-20-,23-21-,28-26-,29-27-. The van der Waals surface area contributed by atoms with E-state index in [4.69, 9.17) is 14.2 Å². The molecule has 1 unspecified atom stereocenters. The third kappa shape index (κ3) is 54.2. The van der Waals surface area contributed by atoms with Crippen LogP contribution in [0.25, 0.3) is 0 Å². The van der Waals surface area contributed by atoms with E-state index in [2.05, 4.69) is 69.4 Å². The lowest BCUT2D eigenvalue weighted by atomic mass is 10.0. The summed E-state index contributed by atoms with van der Waals surface area (Å²) in [5.74, 6) is -0.877. The molecule has 390 valence electrons. The molecule has 1 atom stereocenters. The van der Waals surface area contributed by atoms with Gasteiger partial charge in [0.25, 0.3) is 0 Å². The quantitative estimate of drug-likeness (QED) is 0.0262. The van der Waals surface area contributed by atoms with Crippen LogP contribution in [0.2, 0.25) is 0 Å². The molecule has 67 heavy (non-hydrogen) atoms. The first-order valence-electron chi connectivity index (χ1n) is 29.1. The third-order valence-electron chi connectivity index (χ3n) is 12.8. The van der Waals surface area contributed by atoms with Gasteiger partial charge in [0.2, 0.25) is 0 Å². The van der Waals surface area contributed by atoms with E-state index in [0.29, 0.717) is 19.3 Å². The minimum Gasteiger partial charge on any atom is -0.462 e. The molecule has 0 aromatic carbocycles. The molecule has 0 aliphatic rings. The number of carbonyl (C=O) groups is 3. The number of allylic oxidation sites excluding steroid dienone is 8. The average Bonchev–Trinajstić information content (AvgIpc) is 3.33. The lowest BCUT2D eigenvalue weighted by molar-refractivity contribution is -0.167. The lowest BCUT2D eigenvalue weighted by Gasteiger charge is -2.18. The van der Waals surface area contributed by atoms with Gasteiger partial charge in [0, 0.05) is 19.3 Å². The smallest absolute Gasteiger partial charge is 0.306 e. The zero-order valence-electron chi connectivity index (χ0n) is 44.7. The van der Waals surface area contributed by atoms with Crippen LogP contribution in [-0.4, -0.2) is 37.2 Å². The summed E-state index contributed by atoms with van der Waals surface area (Å²) in [6.45, 7) is 6.60. The van der Waals surface area contributed by atoms with Gasteiger partial charge in [-0.05, 0) is 83.5 Å². The molecule has 0 saturated carbocycles. The van der Waals surface area contributed by atoms with Gasteiger partial charge >= 0.3 is 17.9 Å².